The molecule has 100 valence electrons. The predicted octanol–water partition coefficient (Wildman–Crippen LogP) is 1.53. The highest BCUT2D eigenvalue weighted by Gasteiger charge is 2.00. The van der Waals surface area contributed by atoms with Gasteiger partial charge in [-0.1, -0.05) is 18.2 Å². The summed E-state index contributed by atoms with van der Waals surface area (Å²) in [6.07, 6.45) is 0. The zero-order valence-corrected chi connectivity index (χ0v) is 10.9. The third-order valence-corrected chi connectivity index (χ3v) is 2.31. The molecule has 1 rings (SSSR count). The minimum Gasteiger partial charge on any atom is -0.383 e. The molecular formula is C13H20FN3O. The summed E-state index contributed by atoms with van der Waals surface area (Å²) in [5, 5.41) is 6.19. The SMILES string of the molecule is CCNC(=NCc1ccccc1F)NCCOC. The van der Waals surface area contributed by atoms with Gasteiger partial charge in [-0.15, -0.1) is 0 Å². The summed E-state index contributed by atoms with van der Waals surface area (Å²) in [4.78, 5) is 4.32. The number of nitrogens with one attached hydrogen (secondary N) is 2. The molecule has 18 heavy (non-hydrogen) atoms. The number of hydrogen-bond acceptors (Lipinski definition) is 2. The first-order chi connectivity index (χ1) is 8.77. The van der Waals surface area contributed by atoms with E-state index < -0.39 is 0 Å². The van der Waals surface area contributed by atoms with E-state index in [9.17, 15) is 4.39 Å². The number of aliphatic imine (C=N–C) groups is 1. The minimum absolute atomic E-state index is 0.228. The lowest BCUT2D eigenvalue weighted by Crippen LogP contribution is -2.38. The Labute approximate surface area is 107 Å². The normalized spacial score (nSPS) is 11.4. The molecule has 1 aromatic carbocycles. The van der Waals surface area contributed by atoms with E-state index in [2.05, 4.69) is 15.6 Å². The van der Waals surface area contributed by atoms with Crippen molar-refractivity contribution in [2.75, 3.05) is 26.8 Å². The second-order valence-electron chi connectivity index (χ2n) is 3.71. The lowest BCUT2D eigenvalue weighted by atomic mass is 10.2. The lowest BCUT2D eigenvalue weighted by molar-refractivity contribution is 0.203. The second-order valence-corrected chi connectivity index (χ2v) is 3.71. The summed E-state index contributed by atoms with van der Waals surface area (Å²) >= 11 is 0. The summed E-state index contributed by atoms with van der Waals surface area (Å²) in [5.74, 6) is 0.437. The molecule has 2 N–H and O–H groups in total. The molecular weight excluding hydrogens is 233 g/mol. The first-order valence-electron chi connectivity index (χ1n) is 6.02. The Kier molecular flexibility index (Phi) is 6.79. The summed E-state index contributed by atoms with van der Waals surface area (Å²) < 4.78 is 18.3. The van der Waals surface area contributed by atoms with Gasteiger partial charge in [-0.25, -0.2) is 9.38 Å². The quantitative estimate of drug-likeness (QED) is 0.459. The van der Waals surface area contributed by atoms with Crippen LogP contribution >= 0.6 is 0 Å². The van der Waals surface area contributed by atoms with E-state index in [0.29, 0.717) is 31.2 Å². The predicted molar refractivity (Wildman–Crippen MR) is 71.1 cm³/mol. The van der Waals surface area contributed by atoms with Crippen molar-refractivity contribution in [2.24, 2.45) is 4.99 Å². The Morgan fingerprint density at radius 1 is 1.33 bits per heavy atom. The van der Waals surface area contributed by atoms with E-state index in [1.807, 2.05) is 6.92 Å². The highest BCUT2D eigenvalue weighted by molar-refractivity contribution is 5.79. The van der Waals surface area contributed by atoms with Gasteiger partial charge in [-0.2, -0.15) is 0 Å². The van der Waals surface area contributed by atoms with Gasteiger partial charge in [0.05, 0.1) is 13.2 Å². The molecule has 0 radical (unpaired) electrons. The monoisotopic (exact) mass is 253 g/mol. The van der Waals surface area contributed by atoms with Crippen LogP contribution in [0.2, 0.25) is 0 Å². The van der Waals surface area contributed by atoms with Gasteiger partial charge >= 0.3 is 0 Å². The van der Waals surface area contributed by atoms with Crippen LogP contribution in [0.15, 0.2) is 29.3 Å². The molecule has 0 amide bonds. The number of nitrogens with zero attached hydrogens (tertiary/aromatic N) is 1. The summed E-state index contributed by atoms with van der Waals surface area (Å²) in [5.41, 5.74) is 0.585. The van der Waals surface area contributed by atoms with Crippen LogP contribution in [0.1, 0.15) is 12.5 Å². The van der Waals surface area contributed by atoms with E-state index in [1.54, 1.807) is 25.3 Å². The molecule has 0 saturated carbocycles. The van der Waals surface area contributed by atoms with Crippen molar-refractivity contribution in [3.63, 3.8) is 0 Å². The summed E-state index contributed by atoms with van der Waals surface area (Å²) in [6, 6.07) is 6.65. The molecule has 0 spiro atoms. The second kappa shape index (κ2) is 8.47. The molecule has 0 atom stereocenters. The van der Waals surface area contributed by atoms with E-state index >= 15 is 0 Å². The third kappa shape index (κ3) is 5.14. The molecule has 4 nitrogen and oxygen atoms in total. The first kappa shape index (κ1) is 14.4. The van der Waals surface area contributed by atoms with Crippen LogP contribution < -0.4 is 10.6 Å². The van der Waals surface area contributed by atoms with E-state index in [1.165, 1.54) is 6.07 Å². The molecule has 5 heteroatoms. The van der Waals surface area contributed by atoms with Gasteiger partial charge < -0.3 is 15.4 Å². The Morgan fingerprint density at radius 2 is 2.11 bits per heavy atom. The van der Waals surface area contributed by atoms with Crippen LogP contribution in [-0.4, -0.2) is 32.8 Å². The molecule has 0 aromatic heterocycles. The fourth-order valence-electron chi connectivity index (χ4n) is 1.40. The average Bonchev–Trinajstić information content (AvgIpc) is 2.38. The molecule has 0 saturated heterocycles. The van der Waals surface area contributed by atoms with Crippen molar-refractivity contribution in [1.82, 2.24) is 10.6 Å². The molecule has 0 fully saturated rings. The fraction of sp³-hybridized carbons (Fsp3) is 0.462. The smallest absolute Gasteiger partial charge is 0.191 e. The number of methoxy groups -OCH3 is 1. The average molecular weight is 253 g/mol. The van der Waals surface area contributed by atoms with Gasteiger partial charge in [0.15, 0.2) is 5.96 Å². The molecule has 0 aliphatic carbocycles. The zero-order chi connectivity index (χ0) is 13.2. The van der Waals surface area contributed by atoms with Gasteiger partial charge in [0.2, 0.25) is 0 Å². The maximum atomic E-state index is 13.4. The summed E-state index contributed by atoms with van der Waals surface area (Å²) in [6.45, 7) is 4.32. The zero-order valence-electron chi connectivity index (χ0n) is 10.9. The van der Waals surface area contributed by atoms with Gasteiger partial charge in [-0.05, 0) is 13.0 Å². The van der Waals surface area contributed by atoms with E-state index in [-0.39, 0.29) is 5.82 Å². The van der Waals surface area contributed by atoms with E-state index in [0.717, 1.165) is 6.54 Å². The van der Waals surface area contributed by atoms with Crippen LogP contribution in [0.25, 0.3) is 0 Å². The number of benzene rings is 1. The fourth-order valence-corrected chi connectivity index (χ4v) is 1.40. The Morgan fingerprint density at radius 3 is 2.78 bits per heavy atom. The summed E-state index contributed by atoms with van der Waals surface area (Å²) in [7, 11) is 1.64. The van der Waals surface area contributed by atoms with Crippen LogP contribution in [0.3, 0.4) is 0 Å². The van der Waals surface area contributed by atoms with Gasteiger partial charge in [0, 0.05) is 25.8 Å². The number of halogens is 1. The van der Waals surface area contributed by atoms with Crippen LogP contribution in [0.5, 0.6) is 0 Å². The van der Waals surface area contributed by atoms with Crippen molar-refractivity contribution in [1.29, 1.82) is 0 Å². The number of hydrogen-bond donors (Lipinski definition) is 2. The molecule has 1 aromatic rings. The Hall–Kier alpha value is -1.62. The highest BCUT2D eigenvalue weighted by Crippen LogP contribution is 2.07. The van der Waals surface area contributed by atoms with Gasteiger partial charge in [0.25, 0.3) is 0 Å². The first-order valence-corrected chi connectivity index (χ1v) is 6.02. The van der Waals surface area contributed by atoms with Crippen molar-refractivity contribution in [3.05, 3.63) is 35.6 Å². The third-order valence-electron chi connectivity index (χ3n) is 2.31. The maximum Gasteiger partial charge on any atom is 0.191 e. The van der Waals surface area contributed by atoms with Crippen molar-refractivity contribution in [2.45, 2.75) is 13.5 Å². The standard InChI is InChI=1S/C13H20FN3O/c1-3-15-13(16-8-9-18-2)17-10-11-6-4-5-7-12(11)14/h4-7H,3,8-10H2,1-2H3,(H2,15,16,17). The highest BCUT2D eigenvalue weighted by atomic mass is 19.1. The number of guanidine groups is 1. The number of ether oxygens (including phenoxy) is 1. The number of rotatable bonds is 6. The molecule has 0 bridgehead atoms. The Bertz CT molecular complexity index is 382. The molecule has 0 aliphatic rings. The molecule has 0 aliphatic heterocycles. The molecule has 0 heterocycles. The van der Waals surface area contributed by atoms with E-state index in [4.69, 9.17) is 4.74 Å². The van der Waals surface area contributed by atoms with Crippen LogP contribution in [-0.2, 0) is 11.3 Å². The van der Waals surface area contributed by atoms with Crippen molar-refractivity contribution < 1.29 is 9.13 Å². The lowest BCUT2D eigenvalue weighted by Gasteiger charge is -2.10. The Balaban J connectivity index is 2.56. The van der Waals surface area contributed by atoms with Crippen molar-refractivity contribution >= 4 is 5.96 Å². The topological polar surface area (TPSA) is 45.7 Å². The largest absolute Gasteiger partial charge is 0.383 e. The maximum absolute atomic E-state index is 13.4. The van der Waals surface area contributed by atoms with Crippen LogP contribution in [0.4, 0.5) is 4.39 Å². The molecule has 0 unspecified atom stereocenters. The van der Waals surface area contributed by atoms with Crippen molar-refractivity contribution in [3.8, 4) is 0 Å². The van der Waals surface area contributed by atoms with Gasteiger partial charge in [0.1, 0.15) is 5.82 Å². The van der Waals surface area contributed by atoms with Gasteiger partial charge in [-0.3, -0.25) is 0 Å². The minimum atomic E-state index is -0.228. The van der Waals surface area contributed by atoms with Crippen LogP contribution in [0, 0.1) is 5.82 Å².